The number of carbonyl (C=O) groups is 2. The normalized spacial score (nSPS) is 13.9. The lowest BCUT2D eigenvalue weighted by Crippen LogP contribution is -2.40. The van der Waals surface area contributed by atoms with E-state index in [4.69, 9.17) is 0 Å². The molecule has 0 saturated carbocycles. The van der Waals surface area contributed by atoms with E-state index in [-0.39, 0.29) is 11.8 Å². The summed E-state index contributed by atoms with van der Waals surface area (Å²) in [6, 6.07) is 9.38. The molecule has 2 aromatic carbocycles. The SMILES string of the molecule is CCCNc1ccc2c3c(cccc13)C(=O)N(CC)C2=O. The van der Waals surface area contributed by atoms with Gasteiger partial charge in [-0.2, -0.15) is 0 Å². The number of nitrogens with one attached hydrogen (secondary N) is 1. The lowest BCUT2D eigenvalue weighted by atomic mass is 9.93. The van der Waals surface area contributed by atoms with E-state index in [1.807, 2.05) is 31.2 Å². The van der Waals surface area contributed by atoms with Gasteiger partial charge in [-0.05, 0) is 31.5 Å². The van der Waals surface area contributed by atoms with Crippen molar-refractivity contribution in [2.45, 2.75) is 20.3 Å². The summed E-state index contributed by atoms with van der Waals surface area (Å²) in [6.45, 7) is 5.17. The van der Waals surface area contributed by atoms with Gasteiger partial charge in [-0.15, -0.1) is 0 Å². The van der Waals surface area contributed by atoms with Crippen LogP contribution in [0.25, 0.3) is 10.8 Å². The summed E-state index contributed by atoms with van der Waals surface area (Å²) in [5, 5.41) is 5.08. The quantitative estimate of drug-likeness (QED) is 0.875. The second-order valence-corrected chi connectivity index (χ2v) is 5.17. The number of amides is 2. The Kier molecular flexibility index (Phi) is 3.37. The summed E-state index contributed by atoms with van der Waals surface area (Å²) >= 11 is 0. The average molecular weight is 282 g/mol. The summed E-state index contributed by atoms with van der Waals surface area (Å²) < 4.78 is 0. The smallest absolute Gasteiger partial charge is 0.261 e. The van der Waals surface area contributed by atoms with Crippen LogP contribution in [0.15, 0.2) is 30.3 Å². The van der Waals surface area contributed by atoms with Crippen LogP contribution in [0.2, 0.25) is 0 Å². The van der Waals surface area contributed by atoms with E-state index in [0.717, 1.165) is 29.4 Å². The summed E-state index contributed by atoms with van der Waals surface area (Å²) in [5.41, 5.74) is 2.20. The molecular formula is C17H18N2O2. The van der Waals surface area contributed by atoms with Crippen molar-refractivity contribution in [3.8, 4) is 0 Å². The maximum absolute atomic E-state index is 12.5. The molecule has 0 radical (unpaired) electrons. The van der Waals surface area contributed by atoms with E-state index in [1.165, 1.54) is 4.90 Å². The Bertz CT molecular complexity index is 715. The monoisotopic (exact) mass is 282 g/mol. The number of hydrogen-bond acceptors (Lipinski definition) is 3. The van der Waals surface area contributed by atoms with E-state index in [0.29, 0.717) is 17.7 Å². The zero-order chi connectivity index (χ0) is 15.0. The lowest BCUT2D eigenvalue weighted by Gasteiger charge is -2.26. The number of anilines is 1. The second kappa shape index (κ2) is 5.20. The summed E-state index contributed by atoms with van der Waals surface area (Å²) in [5.74, 6) is -0.401. The van der Waals surface area contributed by atoms with Crippen LogP contribution in [0, 0.1) is 0 Å². The summed E-state index contributed by atoms with van der Waals surface area (Å²) in [7, 11) is 0. The molecule has 1 aliphatic rings. The van der Waals surface area contributed by atoms with Crippen LogP contribution >= 0.6 is 0 Å². The zero-order valence-electron chi connectivity index (χ0n) is 12.3. The van der Waals surface area contributed by atoms with Gasteiger partial charge < -0.3 is 5.32 Å². The Morgan fingerprint density at radius 1 is 1.00 bits per heavy atom. The fourth-order valence-corrected chi connectivity index (χ4v) is 2.85. The molecule has 2 amide bonds. The first-order chi connectivity index (χ1) is 10.2. The molecule has 4 heteroatoms. The Hall–Kier alpha value is -2.36. The van der Waals surface area contributed by atoms with E-state index < -0.39 is 0 Å². The van der Waals surface area contributed by atoms with Crippen molar-refractivity contribution in [2.75, 3.05) is 18.4 Å². The van der Waals surface area contributed by atoms with E-state index >= 15 is 0 Å². The maximum Gasteiger partial charge on any atom is 0.261 e. The Labute approximate surface area is 123 Å². The van der Waals surface area contributed by atoms with Gasteiger partial charge in [0.05, 0.1) is 0 Å². The Morgan fingerprint density at radius 3 is 2.38 bits per heavy atom. The van der Waals surface area contributed by atoms with Crippen LogP contribution in [0.1, 0.15) is 41.0 Å². The highest BCUT2D eigenvalue weighted by atomic mass is 16.2. The van der Waals surface area contributed by atoms with Crippen molar-refractivity contribution in [1.29, 1.82) is 0 Å². The molecule has 0 atom stereocenters. The third-order valence-corrected chi connectivity index (χ3v) is 3.87. The molecule has 0 saturated heterocycles. The Morgan fingerprint density at radius 2 is 1.71 bits per heavy atom. The fraction of sp³-hybridized carbons (Fsp3) is 0.294. The lowest BCUT2D eigenvalue weighted by molar-refractivity contribution is 0.0619. The minimum absolute atomic E-state index is 0.201. The molecule has 1 N–H and O–H groups in total. The third-order valence-electron chi connectivity index (χ3n) is 3.87. The van der Waals surface area contributed by atoms with Crippen molar-refractivity contribution in [3.63, 3.8) is 0 Å². The second-order valence-electron chi connectivity index (χ2n) is 5.17. The molecule has 0 aromatic heterocycles. The molecule has 108 valence electrons. The molecule has 1 heterocycles. The van der Waals surface area contributed by atoms with E-state index in [2.05, 4.69) is 12.2 Å². The van der Waals surface area contributed by atoms with Crippen LogP contribution in [0.4, 0.5) is 5.69 Å². The van der Waals surface area contributed by atoms with Crippen molar-refractivity contribution in [3.05, 3.63) is 41.5 Å². The molecular weight excluding hydrogens is 264 g/mol. The minimum Gasteiger partial charge on any atom is -0.385 e. The molecule has 21 heavy (non-hydrogen) atoms. The maximum atomic E-state index is 12.5. The van der Waals surface area contributed by atoms with Crippen LogP contribution in [-0.2, 0) is 0 Å². The predicted octanol–water partition coefficient (Wildman–Crippen LogP) is 3.28. The highest BCUT2D eigenvalue weighted by Gasteiger charge is 2.31. The molecule has 0 aliphatic carbocycles. The molecule has 2 aromatic rings. The number of rotatable bonds is 4. The minimum atomic E-state index is -0.201. The number of nitrogens with zero attached hydrogens (tertiary/aromatic N) is 1. The van der Waals surface area contributed by atoms with Crippen molar-refractivity contribution < 1.29 is 9.59 Å². The van der Waals surface area contributed by atoms with Crippen LogP contribution < -0.4 is 5.32 Å². The first-order valence-electron chi connectivity index (χ1n) is 7.34. The van der Waals surface area contributed by atoms with Crippen LogP contribution in [0.3, 0.4) is 0 Å². The largest absolute Gasteiger partial charge is 0.385 e. The Balaban J connectivity index is 2.26. The number of benzene rings is 2. The topological polar surface area (TPSA) is 49.4 Å². The van der Waals surface area contributed by atoms with Crippen molar-refractivity contribution >= 4 is 28.3 Å². The molecule has 1 aliphatic heterocycles. The van der Waals surface area contributed by atoms with Gasteiger partial charge in [0.2, 0.25) is 0 Å². The van der Waals surface area contributed by atoms with Crippen molar-refractivity contribution in [2.24, 2.45) is 0 Å². The fourth-order valence-electron chi connectivity index (χ4n) is 2.85. The molecule has 0 unspecified atom stereocenters. The zero-order valence-corrected chi connectivity index (χ0v) is 12.3. The van der Waals surface area contributed by atoms with Gasteiger partial charge in [0, 0.05) is 40.7 Å². The molecule has 0 spiro atoms. The van der Waals surface area contributed by atoms with Gasteiger partial charge in [0.15, 0.2) is 0 Å². The number of hydrogen-bond donors (Lipinski definition) is 1. The van der Waals surface area contributed by atoms with E-state index in [9.17, 15) is 9.59 Å². The van der Waals surface area contributed by atoms with Crippen LogP contribution in [0.5, 0.6) is 0 Å². The van der Waals surface area contributed by atoms with E-state index in [1.54, 1.807) is 6.07 Å². The molecule has 4 nitrogen and oxygen atoms in total. The van der Waals surface area contributed by atoms with Gasteiger partial charge in [0.25, 0.3) is 11.8 Å². The molecule has 0 bridgehead atoms. The van der Waals surface area contributed by atoms with Gasteiger partial charge in [0.1, 0.15) is 0 Å². The van der Waals surface area contributed by atoms with Crippen molar-refractivity contribution in [1.82, 2.24) is 4.90 Å². The highest BCUT2D eigenvalue weighted by Crippen LogP contribution is 2.34. The van der Waals surface area contributed by atoms with Gasteiger partial charge in [-0.25, -0.2) is 0 Å². The highest BCUT2D eigenvalue weighted by molar-refractivity contribution is 6.26. The molecule has 3 rings (SSSR count). The van der Waals surface area contributed by atoms with Gasteiger partial charge in [-0.3, -0.25) is 14.5 Å². The van der Waals surface area contributed by atoms with Crippen LogP contribution in [-0.4, -0.2) is 29.8 Å². The predicted molar refractivity (Wildman–Crippen MR) is 83.8 cm³/mol. The first kappa shape index (κ1) is 13.6. The first-order valence-corrected chi connectivity index (χ1v) is 7.34. The molecule has 0 fully saturated rings. The standard InChI is InChI=1S/C17H18N2O2/c1-3-10-18-14-9-8-13-15-11(14)6-5-7-12(15)16(20)19(4-2)17(13)21/h5-9,18H,3-4,10H2,1-2H3. The van der Waals surface area contributed by atoms with Gasteiger partial charge in [-0.1, -0.05) is 19.1 Å². The number of imide groups is 1. The number of carbonyl (C=O) groups excluding carboxylic acids is 2. The average Bonchev–Trinajstić information content (AvgIpc) is 2.51. The summed E-state index contributed by atoms with van der Waals surface area (Å²) in [4.78, 5) is 26.2. The third kappa shape index (κ3) is 1.98. The van der Waals surface area contributed by atoms with Gasteiger partial charge >= 0.3 is 0 Å². The summed E-state index contributed by atoms with van der Waals surface area (Å²) in [6.07, 6.45) is 1.02.